The Balaban J connectivity index is 1.76. The zero-order valence-electron chi connectivity index (χ0n) is 14.3. The van der Waals surface area contributed by atoms with Crippen LogP contribution in [0.15, 0.2) is 30.5 Å². The molecule has 2 aromatic rings. The van der Waals surface area contributed by atoms with Gasteiger partial charge in [-0.15, -0.1) is 5.10 Å². The molecule has 2 aliphatic rings. The van der Waals surface area contributed by atoms with E-state index in [1.165, 1.54) is 12.1 Å². The van der Waals surface area contributed by atoms with E-state index in [0.717, 1.165) is 16.8 Å². The van der Waals surface area contributed by atoms with Gasteiger partial charge < -0.3 is 9.47 Å². The van der Waals surface area contributed by atoms with Gasteiger partial charge in [0.15, 0.2) is 11.9 Å². The molecule has 0 amide bonds. The molecule has 1 atom stereocenters. The quantitative estimate of drug-likeness (QED) is 0.582. The lowest BCUT2D eigenvalue weighted by Gasteiger charge is -2.32. The lowest BCUT2D eigenvalue weighted by Crippen LogP contribution is -2.44. The molecular formula is C17H14F4N4O3. The van der Waals surface area contributed by atoms with Crippen molar-refractivity contribution in [2.75, 3.05) is 26.3 Å². The summed E-state index contributed by atoms with van der Waals surface area (Å²) in [6.45, 7) is 1.85. The molecule has 0 bridgehead atoms. The van der Waals surface area contributed by atoms with Gasteiger partial charge >= 0.3 is 12.1 Å². The van der Waals surface area contributed by atoms with Crippen molar-refractivity contribution in [2.45, 2.75) is 12.4 Å². The van der Waals surface area contributed by atoms with Crippen LogP contribution in [0, 0.1) is 5.82 Å². The molecule has 0 aliphatic carbocycles. The van der Waals surface area contributed by atoms with Crippen LogP contribution in [0.1, 0.15) is 11.3 Å². The second-order valence-electron chi connectivity index (χ2n) is 6.24. The predicted octanol–water partition coefficient (Wildman–Crippen LogP) is 2.02. The SMILES string of the molecule is O=C1C=C(c2cc(F)ccc2-n2cc(C(F)(F)F)nn2)C(N2CCOCC2)O1. The first-order chi connectivity index (χ1) is 13.3. The fourth-order valence-electron chi connectivity index (χ4n) is 3.15. The van der Waals surface area contributed by atoms with Crippen molar-refractivity contribution in [3.05, 3.63) is 47.5 Å². The fraction of sp³-hybridized carbons (Fsp3) is 0.353. The number of ether oxygens (including phenoxy) is 2. The van der Waals surface area contributed by atoms with E-state index in [-0.39, 0.29) is 11.3 Å². The van der Waals surface area contributed by atoms with Crippen molar-refractivity contribution in [1.29, 1.82) is 0 Å². The Hall–Kier alpha value is -2.79. The molecule has 1 aromatic carbocycles. The maximum absolute atomic E-state index is 14.0. The molecule has 28 heavy (non-hydrogen) atoms. The third kappa shape index (κ3) is 3.50. The molecule has 7 nitrogen and oxygen atoms in total. The van der Waals surface area contributed by atoms with Gasteiger partial charge in [-0.25, -0.2) is 13.9 Å². The van der Waals surface area contributed by atoms with Crippen molar-refractivity contribution in [2.24, 2.45) is 0 Å². The van der Waals surface area contributed by atoms with Crippen molar-refractivity contribution >= 4 is 11.5 Å². The van der Waals surface area contributed by atoms with Crippen LogP contribution in [0.25, 0.3) is 11.3 Å². The number of hydrogen-bond donors (Lipinski definition) is 0. The summed E-state index contributed by atoms with van der Waals surface area (Å²) in [6.07, 6.45) is -3.54. The summed E-state index contributed by atoms with van der Waals surface area (Å²) in [5, 5.41) is 6.64. The molecule has 1 aromatic heterocycles. The lowest BCUT2D eigenvalue weighted by atomic mass is 10.0. The topological polar surface area (TPSA) is 69.5 Å². The molecule has 1 unspecified atom stereocenters. The molecule has 11 heteroatoms. The first kappa shape index (κ1) is 18.6. The highest BCUT2D eigenvalue weighted by Gasteiger charge is 2.37. The standard InChI is InChI=1S/C17H14F4N4O3/c18-10-1-2-13(25-9-14(22-23-25)17(19,20)21)11(7-10)12-8-15(26)28-16(12)24-3-5-27-6-4-24/h1-2,7-9,16H,3-6H2. The molecule has 3 heterocycles. The average Bonchev–Trinajstić information content (AvgIpc) is 3.29. The first-order valence-corrected chi connectivity index (χ1v) is 8.37. The third-order valence-electron chi connectivity index (χ3n) is 4.44. The van der Waals surface area contributed by atoms with Crippen molar-refractivity contribution in [1.82, 2.24) is 19.9 Å². The van der Waals surface area contributed by atoms with Crippen LogP contribution >= 0.6 is 0 Å². The Morgan fingerprint density at radius 2 is 1.93 bits per heavy atom. The number of hydrogen-bond acceptors (Lipinski definition) is 6. The van der Waals surface area contributed by atoms with Gasteiger partial charge in [0.1, 0.15) is 5.82 Å². The minimum Gasteiger partial charge on any atom is -0.439 e. The fourth-order valence-corrected chi connectivity index (χ4v) is 3.15. The normalized spacial score (nSPS) is 20.9. The van der Waals surface area contributed by atoms with E-state index >= 15 is 0 Å². The van der Waals surface area contributed by atoms with Crippen molar-refractivity contribution < 1.29 is 31.8 Å². The number of carbonyl (C=O) groups excluding carboxylic acids is 1. The number of halogens is 4. The highest BCUT2D eigenvalue weighted by molar-refractivity contribution is 5.98. The summed E-state index contributed by atoms with van der Waals surface area (Å²) in [7, 11) is 0. The van der Waals surface area contributed by atoms with Gasteiger partial charge in [0.25, 0.3) is 0 Å². The van der Waals surface area contributed by atoms with Gasteiger partial charge in [-0.2, -0.15) is 13.2 Å². The van der Waals surface area contributed by atoms with Crippen molar-refractivity contribution in [3.63, 3.8) is 0 Å². The third-order valence-corrected chi connectivity index (χ3v) is 4.44. The monoisotopic (exact) mass is 398 g/mol. The number of alkyl halides is 3. The summed E-state index contributed by atoms with van der Waals surface area (Å²) in [5.41, 5.74) is -0.501. The minimum absolute atomic E-state index is 0.146. The molecule has 0 radical (unpaired) electrons. The molecular weight excluding hydrogens is 384 g/mol. The summed E-state index contributed by atoms with van der Waals surface area (Å²) in [4.78, 5) is 13.8. The van der Waals surface area contributed by atoms with Crippen molar-refractivity contribution in [3.8, 4) is 5.69 Å². The van der Waals surface area contributed by atoms with Crippen LogP contribution < -0.4 is 0 Å². The van der Waals surface area contributed by atoms with E-state index in [1.54, 1.807) is 0 Å². The second-order valence-corrected chi connectivity index (χ2v) is 6.24. The average molecular weight is 398 g/mol. The molecule has 4 rings (SSSR count). The molecule has 2 aliphatic heterocycles. The Morgan fingerprint density at radius 3 is 2.61 bits per heavy atom. The van der Waals surface area contributed by atoms with E-state index in [9.17, 15) is 22.4 Å². The summed E-state index contributed by atoms with van der Waals surface area (Å²) < 4.78 is 64.1. The molecule has 0 N–H and O–H groups in total. The van der Waals surface area contributed by atoms with E-state index in [1.807, 2.05) is 4.90 Å². The highest BCUT2D eigenvalue weighted by atomic mass is 19.4. The van der Waals surface area contributed by atoms with Crippen LogP contribution in [0.5, 0.6) is 0 Å². The van der Waals surface area contributed by atoms with E-state index in [2.05, 4.69) is 10.3 Å². The Bertz CT molecular complexity index is 935. The van der Waals surface area contributed by atoms with Crippen LogP contribution in [0.2, 0.25) is 0 Å². The predicted molar refractivity (Wildman–Crippen MR) is 86.6 cm³/mol. The molecule has 148 valence electrons. The number of cyclic esters (lactones) is 1. The van der Waals surface area contributed by atoms with E-state index in [0.29, 0.717) is 38.1 Å². The number of carbonyl (C=O) groups is 1. The van der Waals surface area contributed by atoms with Gasteiger partial charge in [0.05, 0.1) is 25.1 Å². The van der Waals surface area contributed by atoms with Crippen LogP contribution in [-0.2, 0) is 20.4 Å². The van der Waals surface area contributed by atoms with E-state index in [4.69, 9.17) is 9.47 Å². The van der Waals surface area contributed by atoms with Crippen LogP contribution in [0.4, 0.5) is 17.6 Å². The summed E-state index contributed by atoms with van der Waals surface area (Å²) >= 11 is 0. The van der Waals surface area contributed by atoms with Crippen LogP contribution in [0.3, 0.4) is 0 Å². The highest BCUT2D eigenvalue weighted by Crippen LogP contribution is 2.34. The maximum Gasteiger partial charge on any atom is 0.436 e. The van der Waals surface area contributed by atoms with Gasteiger partial charge in [-0.1, -0.05) is 5.21 Å². The molecule has 0 saturated carbocycles. The summed E-state index contributed by atoms with van der Waals surface area (Å²) in [6, 6.07) is 3.50. The summed E-state index contributed by atoms with van der Waals surface area (Å²) in [5.74, 6) is -1.23. The zero-order chi connectivity index (χ0) is 19.9. The Kier molecular flexibility index (Phi) is 4.63. The van der Waals surface area contributed by atoms with Gasteiger partial charge in [0, 0.05) is 30.3 Å². The van der Waals surface area contributed by atoms with Gasteiger partial charge in [-0.3, -0.25) is 4.90 Å². The maximum atomic E-state index is 14.0. The van der Waals surface area contributed by atoms with Gasteiger partial charge in [-0.05, 0) is 18.2 Å². The molecule has 0 spiro atoms. The number of rotatable bonds is 3. The largest absolute Gasteiger partial charge is 0.439 e. The Labute approximate surface area is 156 Å². The molecule has 1 fully saturated rings. The smallest absolute Gasteiger partial charge is 0.436 e. The number of nitrogens with zero attached hydrogens (tertiary/aromatic N) is 4. The van der Waals surface area contributed by atoms with Gasteiger partial charge in [0.2, 0.25) is 0 Å². The van der Waals surface area contributed by atoms with E-state index < -0.39 is 29.9 Å². The number of aromatic nitrogens is 3. The first-order valence-electron chi connectivity index (χ1n) is 8.37. The number of morpholine rings is 1. The lowest BCUT2D eigenvalue weighted by molar-refractivity contribution is -0.147. The number of esters is 1. The second kappa shape index (κ2) is 6.99. The zero-order valence-corrected chi connectivity index (χ0v) is 14.3. The minimum atomic E-state index is -4.67. The Morgan fingerprint density at radius 1 is 1.18 bits per heavy atom. The molecule has 1 saturated heterocycles. The van der Waals surface area contributed by atoms with Crippen LogP contribution in [-0.4, -0.2) is 58.4 Å². The number of benzene rings is 1.